The monoisotopic (exact) mass is 846 g/mol. The van der Waals surface area contributed by atoms with Crippen molar-refractivity contribution >= 4 is 53.2 Å². The van der Waals surface area contributed by atoms with Crippen LogP contribution in [0.4, 0.5) is 0 Å². The number of ether oxygens (including phenoxy) is 4. The van der Waals surface area contributed by atoms with Crippen molar-refractivity contribution in [2.45, 2.75) is 174 Å². The number of hydrogen-bond acceptors (Lipinski definition) is 13. The van der Waals surface area contributed by atoms with Gasteiger partial charge in [-0.15, -0.1) is 0 Å². The summed E-state index contributed by atoms with van der Waals surface area (Å²) in [7, 11) is 0. The van der Waals surface area contributed by atoms with Crippen molar-refractivity contribution in [2.75, 3.05) is 0 Å². The van der Waals surface area contributed by atoms with Crippen LogP contribution >= 0.6 is 0 Å². The first kappa shape index (κ1) is 47.0. The normalized spacial score (nSPS) is 51.7. The molecule has 17 heteroatoms. The Bertz CT molecular complexity index is 1740. The van der Waals surface area contributed by atoms with Crippen LogP contribution in [0, 0.1) is 50.2 Å². The molecule has 19 atom stereocenters. The SMILES string of the molecule is CC1(C)[C@@H](O[C@H]2O[C@H](C(=O)O)[C@@H](O)[C@H](O)[C@H]2O[C@@H]2O[C@H](C(=O)O)[C@@H](O)[C@H](O)[C@H]2O)CC[C@]2(C)[C@H]3C(=O)C=C4[C@@H]5C[C@@](C)(C(=O)O)CC[C@]5(C)CC[C@@]4(C)[C@]3(C)CC[C@@H]12.[NaH]. The molecule has 0 amide bonds. The van der Waals surface area contributed by atoms with Crippen molar-refractivity contribution in [3.63, 3.8) is 0 Å². The van der Waals surface area contributed by atoms with E-state index in [4.69, 9.17) is 18.9 Å². The minimum atomic E-state index is -2.05. The van der Waals surface area contributed by atoms with Gasteiger partial charge in [0.05, 0.1) is 11.5 Å². The number of carboxylic acid groups (broad SMARTS) is 3. The summed E-state index contributed by atoms with van der Waals surface area (Å²) in [5, 5.41) is 83.0. The van der Waals surface area contributed by atoms with Crippen LogP contribution in [0.3, 0.4) is 0 Å². The molecule has 0 unspecified atom stereocenters. The van der Waals surface area contributed by atoms with Crippen molar-refractivity contribution < 1.29 is 79.0 Å². The van der Waals surface area contributed by atoms with E-state index in [0.29, 0.717) is 25.7 Å². The van der Waals surface area contributed by atoms with Crippen LogP contribution in [0.1, 0.15) is 106 Å². The Morgan fingerprint density at radius 2 is 1.27 bits per heavy atom. The number of allylic oxidation sites excluding steroid dienone is 2. The summed E-state index contributed by atoms with van der Waals surface area (Å²) in [5.41, 5.74) is -1.81. The van der Waals surface area contributed by atoms with Gasteiger partial charge in [-0.25, -0.2) is 9.59 Å². The second-order valence-corrected chi connectivity index (χ2v) is 20.6. The minimum absolute atomic E-state index is 0. The van der Waals surface area contributed by atoms with E-state index in [1.54, 1.807) is 0 Å². The molecule has 0 aromatic heterocycles. The Kier molecular flexibility index (Phi) is 12.4. The zero-order valence-electron chi connectivity index (χ0n) is 34.4. The van der Waals surface area contributed by atoms with Gasteiger partial charge in [-0.05, 0) is 110 Å². The Labute approximate surface area is 366 Å². The molecule has 0 bridgehead atoms. The van der Waals surface area contributed by atoms with Crippen molar-refractivity contribution in [1.29, 1.82) is 0 Å². The maximum atomic E-state index is 14.8. The van der Waals surface area contributed by atoms with Gasteiger partial charge >= 0.3 is 47.5 Å². The fourth-order valence-corrected chi connectivity index (χ4v) is 13.4. The summed E-state index contributed by atoms with van der Waals surface area (Å²) in [4.78, 5) is 51.3. The number of ketones is 1. The van der Waals surface area contributed by atoms with E-state index in [1.807, 2.05) is 26.8 Å². The first-order valence-electron chi connectivity index (χ1n) is 20.7. The topological polar surface area (TPSA) is 267 Å². The zero-order valence-corrected chi connectivity index (χ0v) is 34.4. The van der Waals surface area contributed by atoms with Crippen molar-refractivity contribution in [2.24, 2.45) is 50.2 Å². The molecule has 0 radical (unpaired) electrons. The standard InChI is InChI=1S/C42H62O16.Na.H/c1-37(2)21-8-11-42(7)31(20(43)16-18-19-17-39(4,36(53)54)13-12-38(19,3)14-15-41(18,42)6)40(21,5)10-9-22(37)55-35-30(26(47)25(46)29(57-35)33(51)52)58-34-27(48)23(44)24(45)28(56-34)32(49)50;;/h16,19,21-31,34-35,44-48H,8-15,17H2,1-7H3,(H,49,50)(H,51,52)(H,53,54);;/t19-,21-,22-,23-,24-,25-,26-,27+,28-,29-,30+,31+,34-,35-,38+,39-,40-,41+,42+;;/m0../s1. The molecule has 0 spiro atoms. The molecule has 8 N–H and O–H groups in total. The number of rotatable bonds is 7. The number of carbonyl (C=O) groups is 4. The first-order valence-corrected chi connectivity index (χ1v) is 20.7. The molecular weight excluding hydrogens is 783 g/mol. The van der Waals surface area contributed by atoms with E-state index in [2.05, 4.69) is 27.7 Å². The van der Waals surface area contributed by atoms with Gasteiger partial charge in [0.1, 0.15) is 36.6 Å². The van der Waals surface area contributed by atoms with Crippen LogP contribution in [0.5, 0.6) is 0 Å². The molecule has 16 nitrogen and oxygen atoms in total. The van der Waals surface area contributed by atoms with Crippen LogP contribution < -0.4 is 0 Å². The summed E-state index contributed by atoms with van der Waals surface area (Å²) in [6, 6.07) is 0. The quantitative estimate of drug-likeness (QED) is 0.134. The average molecular weight is 847 g/mol. The molecule has 2 heterocycles. The number of aliphatic hydroxyl groups is 5. The summed E-state index contributed by atoms with van der Waals surface area (Å²) < 4.78 is 23.4. The predicted octanol–water partition coefficient (Wildman–Crippen LogP) is 1.60. The molecule has 6 fully saturated rings. The third kappa shape index (κ3) is 7.02. The van der Waals surface area contributed by atoms with Gasteiger partial charge in [0.25, 0.3) is 0 Å². The van der Waals surface area contributed by atoms with Crippen LogP contribution in [0.2, 0.25) is 0 Å². The molecule has 2 saturated heterocycles. The van der Waals surface area contributed by atoms with Crippen LogP contribution in [0.25, 0.3) is 0 Å². The number of hydrogen-bond donors (Lipinski definition) is 8. The number of aliphatic hydroxyl groups excluding tert-OH is 5. The number of carbonyl (C=O) groups excluding carboxylic acids is 1. The van der Waals surface area contributed by atoms with E-state index >= 15 is 0 Å². The first-order chi connectivity index (χ1) is 26.8. The molecule has 7 aliphatic rings. The number of aliphatic carboxylic acids is 3. The molecule has 0 aromatic rings. The fourth-order valence-electron chi connectivity index (χ4n) is 13.4. The van der Waals surface area contributed by atoms with Crippen LogP contribution in [-0.2, 0) is 38.1 Å². The molecule has 5 aliphatic carbocycles. The summed E-state index contributed by atoms with van der Waals surface area (Å²) >= 11 is 0. The summed E-state index contributed by atoms with van der Waals surface area (Å²) in [6.45, 7) is 14.8. The maximum absolute atomic E-state index is 14.8. The van der Waals surface area contributed by atoms with Gasteiger partial charge in [0.15, 0.2) is 30.6 Å². The summed E-state index contributed by atoms with van der Waals surface area (Å²) in [6.07, 6.45) is -12.2. The van der Waals surface area contributed by atoms with Gasteiger partial charge in [-0.1, -0.05) is 47.1 Å². The zero-order chi connectivity index (χ0) is 42.9. The average Bonchev–Trinajstić information content (AvgIpc) is 3.13. The van der Waals surface area contributed by atoms with E-state index in [9.17, 15) is 60.0 Å². The molecule has 328 valence electrons. The van der Waals surface area contributed by atoms with Crippen molar-refractivity contribution in [3.8, 4) is 0 Å². The Morgan fingerprint density at radius 1 is 0.695 bits per heavy atom. The second-order valence-electron chi connectivity index (χ2n) is 20.6. The molecule has 2 aliphatic heterocycles. The Balaban J connectivity index is 0.00000585. The predicted molar refractivity (Wildman–Crippen MR) is 207 cm³/mol. The van der Waals surface area contributed by atoms with Gasteiger partial charge < -0.3 is 59.8 Å². The van der Waals surface area contributed by atoms with Gasteiger partial charge in [-0.2, -0.15) is 0 Å². The molecule has 7 rings (SSSR count). The number of fused-ring (bicyclic) bond motifs is 7. The van der Waals surface area contributed by atoms with Crippen LogP contribution in [0.15, 0.2) is 11.6 Å². The van der Waals surface area contributed by atoms with E-state index in [1.165, 1.54) is 0 Å². The molecule has 4 saturated carbocycles. The van der Waals surface area contributed by atoms with Crippen LogP contribution in [-0.4, -0.2) is 162 Å². The Hall–Kier alpha value is -1.54. The number of carboxylic acids is 3. The summed E-state index contributed by atoms with van der Waals surface area (Å²) in [5.74, 6) is -4.47. The molecular formula is C42H63NaO16. The van der Waals surface area contributed by atoms with Crippen molar-refractivity contribution in [1.82, 2.24) is 0 Å². The van der Waals surface area contributed by atoms with Gasteiger partial charge in [0.2, 0.25) is 0 Å². The third-order valence-electron chi connectivity index (χ3n) is 17.2. The third-order valence-corrected chi connectivity index (χ3v) is 17.2. The molecule has 0 aromatic carbocycles. The van der Waals surface area contributed by atoms with Crippen molar-refractivity contribution in [3.05, 3.63) is 11.6 Å². The van der Waals surface area contributed by atoms with E-state index in [0.717, 1.165) is 37.7 Å². The van der Waals surface area contributed by atoms with E-state index < -0.39 is 107 Å². The van der Waals surface area contributed by atoms with E-state index in [-0.39, 0.29) is 63.9 Å². The molecule has 59 heavy (non-hydrogen) atoms. The Morgan fingerprint density at radius 3 is 1.86 bits per heavy atom. The fraction of sp³-hybridized carbons (Fsp3) is 0.857. The van der Waals surface area contributed by atoms with Gasteiger partial charge in [0, 0.05) is 5.92 Å². The van der Waals surface area contributed by atoms with Gasteiger partial charge in [-0.3, -0.25) is 9.59 Å². The second kappa shape index (κ2) is 15.6.